The van der Waals surface area contributed by atoms with E-state index in [1.807, 2.05) is 0 Å². The molecule has 3 nitrogen and oxygen atoms in total. The zero-order chi connectivity index (χ0) is 21.5. The molecule has 1 N–H and O–H groups in total. The van der Waals surface area contributed by atoms with Crippen LogP contribution in [0.5, 0.6) is 5.75 Å². The summed E-state index contributed by atoms with van der Waals surface area (Å²) in [5.41, 5.74) is -0.640. The van der Waals surface area contributed by atoms with E-state index in [9.17, 15) is 53.1 Å². The van der Waals surface area contributed by atoms with Gasteiger partial charge in [-0.1, -0.05) is 0 Å². The van der Waals surface area contributed by atoms with Crippen molar-refractivity contribution in [3.05, 3.63) is 29.8 Å². The van der Waals surface area contributed by atoms with Crippen LogP contribution in [0.2, 0.25) is 0 Å². The normalized spacial score (nSPS) is 14.2. The van der Waals surface area contributed by atoms with E-state index in [0.717, 1.165) is 24.3 Å². The summed E-state index contributed by atoms with van der Waals surface area (Å²) in [7, 11) is 0. The molecule has 0 unspecified atom stereocenters. The van der Waals surface area contributed by atoms with Crippen molar-refractivity contribution in [2.45, 2.75) is 29.9 Å². The second kappa shape index (κ2) is 6.71. The first kappa shape index (κ1) is 22.8. The molecular weight excluding hydrogens is 413 g/mol. The summed E-state index contributed by atoms with van der Waals surface area (Å²) in [6.07, 6.45) is -7.27. The topological polar surface area (TPSA) is 46.5 Å². The van der Waals surface area contributed by atoms with Crippen molar-refractivity contribution in [1.82, 2.24) is 0 Å². The number of phenolic OH excluding ortho intramolecular Hbond substituents is 1. The molecule has 1 rings (SSSR count). The van der Waals surface area contributed by atoms with Crippen molar-refractivity contribution in [3.63, 3.8) is 0 Å². The molecule has 0 fully saturated rings. The monoisotopic (exact) mass is 420 g/mol. The van der Waals surface area contributed by atoms with Gasteiger partial charge in [-0.2, -0.15) is 48.3 Å². The summed E-state index contributed by atoms with van der Waals surface area (Å²) in [5.74, 6) is -30.8. The molecule has 0 saturated heterocycles. The van der Waals surface area contributed by atoms with Gasteiger partial charge in [0.2, 0.25) is 0 Å². The summed E-state index contributed by atoms with van der Waals surface area (Å²) in [6, 6.07) is 3.11. The van der Waals surface area contributed by atoms with Gasteiger partial charge in [-0.15, -0.1) is 0 Å². The number of hydrogen-bond donors (Lipinski definition) is 1. The second-order valence-electron chi connectivity index (χ2n) is 5.05. The third-order valence-electron chi connectivity index (χ3n) is 3.09. The molecule has 0 heterocycles. The molecule has 0 spiro atoms. The van der Waals surface area contributed by atoms with Crippen molar-refractivity contribution >= 4 is 5.97 Å². The Hall–Kier alpha value is -2.28. The van der Waals surface area contributed by atoms with E-state index in [0.29, 0.717) is 0 Å². The molecule has 0 aliphatic heterocycles. The quantitative estimate of drug-likeness (QED) is 0.539. The zero-order valence-corrected chi connectivity index (χ0v) is 12.4. The third-order valence-corrected chi connectivity index (χ3v) is 3.09. The molecule has 154 valence electrons. The molecule has 0 bridgehead atoms. The Morgan fingerprint density at radius 2 is 1.22 bits per heavy atom. The number of alkyl halides is 11. The lowest BCUT2D eigenvalue weighted by molar-refractivity contribution is -0.423. The van der Waals surface area contributed by atoms with Crippen LogP contribution in [0.1, 0.15) is 10.4 Å². The van der Waals surface area contributed by atoms with E-state index in [2.05, 4.69) is 4.74 Å². The SMILES string of the molecule is O=C(OCC(F)(F)C(F)(F)C(F)(F)C(F)(F)C(F)(F)F)c1ccc(O)cc1. The minimum absolute atomic E-state index is 0.419. The molecule has 1 aromatic carbocycles. The molecule has 0 aromatic heterocycles. The highest BCUT2D eigenvalue weighted by Crippen LogP contribution is 2.57. The van der Waals surface area contributed by atoms with E-state index in [4.69, 9.17) is 5.11 Å². The van der Waals surface area contributed by atoms with Gasteiger partial charge in [-0.3, -0.25) is 0 Å². The highest BCUT2D eigenvalue weighted by molar-refractivity contribution is 5.89. The number of rotatable bonds is 6. The smallest absolute Gasteiger partial charge is 0.460 e. The fourth-order valence-electron chi connectivity index (χ4n) is 1.53. The van der Waals surface area contributed by atoms with Crippen LogP contribution in [0.15, 0.2) is 24.3 Å². The van der Waals surface area contributed by atoms with Crippen LogP contribution in [0, 0.1) is 0 Å². The maximum Gasteiger partial charge on any atom is 0.460 e. The van der Waals surface area contributed by atoms with E-state index in [1.165, 1.54) is 0 Å². The number of hydrogen-bond acceptors (Lipinski definition) is 3. The van der Waals surface area contributed by atoms with Crippen LogP contribution in [0.4, 0.5) is 48.3 Å². The van der Waals surface area contributed by atoms with Gasteiger partial charge in [0.25, 0.3) is 0 Å². The van der Waals surface area contributed by atoms with E-state index in [-0.39, 0.29) is 0 Å². The maximum atomic E-state index is 13.3. The second-order valence-corrected chi connectivity index (χ2v) is 5.05. The predicted octanol–water partition coefficient (Wildman–Crippen LogP) is 4.65. The van der Waals surface area contributed by atoms with Crippen LogP contribution in [-0.2, 0) is 4.74 Å². The van der Waals surface area contributed by atoms with Gasteiger partial charge >= 0.3 is 35.8 Å². The number of halogens is 11. The highest BCUT2D eigenvalue weighted by atomic mass is 19.4. The summed E-state index contributed by atoms with van der Waals surface area (Å²) >= 11 is 0. The van der Waals surface area contributed by atoms with Gasteiger partial charge in [-0.05, 0) is 24.3 Å². The number of esters is 1. The lowest BCUT2D eigenvalue weighted by atomic mass is 9.98. The molecule has 0 radical (unpaired) electrons. The fraction of sp³-hybridized carbons (Fsp3) is 0.462. The largest absolute Gasteiger partial charge is 0.508 e. The summed E-state index contributed by atoms with van der Waals surface area (Å²) in [4.78, 5) is 11.3. The minimum Gasteiger partial charge on any atom is -0.508 e. The molecule has 14 heteroatoms. The highest BCUT2D eigenvalue weighted by Gasteiger charge is 2.87. The molecule has 0 amide bonds. The van der Waals surface area contributed by atoms with Crippen molar-refractivity contribution < 1.29 is 62.9 Å². The Morgan fingerprint density at radius 3 is 1.63 bits per heavy atom. The predicted molar refractivity (Wildman–Crippen MR) is 64.2 cm³/mol. The Balaban J connectivity index is 3.06. The Bertz CT molecular complexity index is 680. The lowest BCUT2D eigenvalue weighted by Crippen LogP contribution is -2.67. The number of aromatic hydroxyl groups is 1. The molecule has 1 aromatic rings. The third kappa shape index (κ3) is 3.88. The molecule has 0 aliphatic carbocycles. The summed E-state index contributed by atoms with van der Waals surface area (Å²) in [5, 5.41) is 8.92. The van der Waals surface area contributed by atoms with Crippen LogP contribution in [0.25, 0.3) is 0 Å². The zero-order valence-electron chi connectivity index (χ0n) is 12.4. The van der Waals surface area contributed by atoms with Crippen LogP contribution in [-0.4, -0.2) is 47.5 Å². The van der Waals surface area contributed by atoms with E-state index in [1.54, 1.807) is 0 Å². The minimum atomic E-state index is -7.56. The van der Waals surface area contributed by atoms with Gasteiger partial charge in [0.15, 0.2) is 6.61 Å². The molecule has 0 atom stereocenters. The Labute approximate surface area is 142 Å². The van der Waals surface area contributed by atoms with Crippen LogP contribution in [0.3, 0.4) is 0 Å². The van der Waals surface area contributed by atoms with Gasteiger partial charge in [0, 0.05) is 0 Å². The molecule has 27 heavy (non-hydrogen) atoms. The standard InChI is InChI=1S/C13H7F11O3/c14-9(15,5-27-8(26)6-1-3-7(25)4-2-6)10(16,17)11(18,19)12(20,21)13(22,23)24/h1-4,25H,5H2. The number of phenols is 1. The molecule has 0 saturated carbocycles. The Morgan fingerprint density at radius 1 is 0.778 bits per heavy atom. The number of carbonyl (C=O) groups is 1. The summed E-state index contributed by atoms with van der Waals surface area (Å²) in [6.45, 7) is -2.93. The van der Waals surface area contributed by atoms with Gasteiger partial charge in [0.1, 0.15) is 5.75 Å². The molecule has 0 aliphatic rings. The van der Waals surface area contributed by atoms with E-state index >= 15 is 0 Å². The van der Waals surface area contributed by atoms with Gasteiger partial charge in [-0.25, -0.2) is 4.79 Å². The number of carbonyl (C=O) groups excluding carboxylic acids is 1. The van der Waals surface area contributed by atoms with Crippen molar-refractivity contribution in [2.24, 2.45) is 0 Å². The first-order valence-corrected chi connectivity index (χ1v) is 6.42. The summed E-state index contributed by atoms with van der Waals surface area (Å²) < 4.78 is 144. The molecular formula is C13H7F11O3. The average Bonchev–Trinajstić information content (AvgIpc) is 2.51. The Kier molecular flexibility index (Phi) is 5.66. The average molecular weight is 420 g/mol. The van der Waals surface area contributed by atoms with Crippen molar-refractivity contribution in [1.29, 1.82) is 0 Å². The van der Waals surface area contributed by atoms with Crippen LogP contribution < -0.4 is 0 Å². The van der Waals surface area contributed by atoms with Crippen molar-refractivity contribution in [2.75, 3.05) is 6.61 Å². The first-order chi connectivity index (χ1) is 11.9. The first-order valence-electron chi connectivity index (χ1n) is 6.42. The van der Waals surface area contributed by atoms with E-state index < -0.39 is 53.8 Å². The van der Waals surface area contributed by atoms with Gasteiger partial charge < -0.3 is 9.84 Å². The van der Waals surface area contributed by atoms with Crippen LogP contribution >= 0.6 is 0 Å². The maximum absolute atomic E-state index is 13.3. The fourth-order valence-corrected chi connectivity index (χ4v) is 1.53. The van der Waals surface area contributed by atoms with Gasteiger partial charge in [0.05, 0.1) is 5.56 Å². The van der Waals surface area contributed by atoms with Crippen molar-refractivity contribution in [3.8, 4) is 5.75 Å². The number of ether oxygens (including phenoxy) is 1. The lowest BCUT2D eigenvalue weighted by Gasteiger charge is -2.36. The number of benzene rings is 1.